The molecule has 1 unspecified atom stereocenters. The molecular weight excluding hydrogens is 232 g/mol. The first-order valence-corrected chi connectivity index (χ1v) is 7.66. The Kier molecular flexibility index (Phi) is 5.41. The van der Waals surface area contributed by atoms with Crippen LogP contribution in [0.15, 0.2) is 24.3 Å². The molecule has 19 heavy (non-hydrogen) atoms. The summed E-state index contributed by atoms with van der Waals surface area (Å²) in [5.41, 5.74) is 2.85. The van der Waals surface area contributed by atoms with Crippen LogP contribution in [0.25, 0.3) is 0 Å². The Hall–Kier alpha value is -0.860. The topological polar surface area (TPSA) is 15.3 Å². The molecule has 0 aromatic heterocycles. The van der Waals surface area contributed by atoms with E-state index in [1.807, 2.05) is 0 Å². The molecule has 0 amide bonds. The molecule has 1 aromatic carbocycles. The smallest absolute Gasteiger partial charge is 0.0217 e. The summed E-state index contributed by atoms with van der Waals surface area (Å²) in [4.78, 5) is 2.50. The van der Waals surface area contributed by atoms with Crippen molar-refractivity contribution in [3.63, 3.8) is 0 Å². The van der Waals surface area contributed by atoms with Gasteiger partial charge in [0.25, 0.3) is 0 Å². The lowest BCUT2D eigenvalue weighted by Crippen LogP contribution is -2.42. The summed E-state index contributed by atoms with van der Waals surface area (Å²) < 4.78 is 0. The van der Waals surface area contributed by atoms with E-state index in [0.29, 0.717) is 5.92 Å². The fraction of sp³-hybridized carbons (Fsp3) is 0.647. The zero-order chi connectivity index (χ0) is 13.7. The molecule has 1 saturated heterocycles. The van der Waals surface area contributed by atoms with Crippen molar-refractivity contribution in [1.29, 1.82) is 0 Å². The number of rotatable bonds is 5. The van der Waals surface area contributed by atoms with Crippen LogP contribution in [0.5, 0.6) is 0 Å². The highest BCUT2D eigenvalue weighted by atomic mass is 15.2. The monoisotopic (exact) mass is 260 g/mol. The normalized spacial score (nSPS) is 20.9. The largest absolute Gasteiger partial charge is 0.311 e. The Balaban J connectivity index is 1.80. The number of likely N-dealkylation sites (N-methyl/N-ethyl adjacent to an activating group) is 1. The average Bonchev–Trinajstić information content (AvgIpc) is 2.41. The van der Waals surface area contributed by atoms with Gasteiger partial charge in [-0.2, -0.15) is 0 Å². The van der Waals surface area contributed by atoms with Crippen LogP contribution in [0.3, 0.4) is 0 Å². The zero-order valence-electron chi connectivity index (χ0n) is 12.7. The summed E-state index contributed by atoms with van der Waals surface area (Å²) >= 11 is 0. The molecule has 1 aliphatic rings. The SMILES string of the molecule is CC(C)c1cccc(CNCC2CCCCN2C)c1. The van der Waals surface area contributed by atoms with Gasteiger partial charge in [0.15, 0.2) is 0 Å². The second kappa shape index (κ2) is 7.06. The van der Waals surface area contributed by atoms with E-state index < -0.39 is 0 Å². The second-order valence-corrected chi connectivity index (χ2v) is 6.16. The standard InChI is InChI=1S/C17H28N2/c1-14(2)16-8-6-7-15(11-16)12-18-13-17-9-4-5-10-19(17)3/h6-8,11,14,17-18H,4-5,9-10,12-13H2,1-3H3. The summed E-state index contributed by atoms with van der Waals surface area (Å²) in [7, 11) is 2.25. The molecular formula is C17H28N2. The van der Waals surface area contributed by atoms with Gasteiger partial charge in [-0.05, 0) is 43.5 Å². The summed E-state index contributed by atoms with van der Waals surface area (Å²) in [5.74, 6) is 0.615. The van der Waals surface area contributed by atoms with Gasteiger partial charge >= 0.3 is 0 Å². The van der Waals surface area contributed by atoms with E-state index in [9.17, 15) is 0 Å². The maximum atomic E-state index is 3.63. The van der Waals surface area contributed by atoms with E-state index in [0.717, 1.165) is 19.1 Å². The first-order chi connectivity index (χ1) is 9.16. The first-order valence-electron chi connectivity index (χ1n) is 7.66. The molecule has 2 heteroatoms. The van der Waals surface area contributed by atoms with Crippen LogP contribution in [0.1, 0.15) is 50.2 Å². The van der Waals surface area contributed by atoms with Crippen LogP contribution in [-0.2, 0) is 6.54 Å². The molecule has 0 saturated carbocycles. The van der Waals surface area contributed by atoms with Crippen molar-refractivity contribution in [2.24, 2.45) is 0 Å². The van der Waals surface area contributed by atoms with E-state index in [1.165, 1.54) is 36.9 Å². The van der Waals surface area contributed by atoms with Gasteiger partial charge in [0.1, 0.15) is 0 Å². The zero-order valence-corrected chi connectivity index (χ0v) is 12.7. The number of nitrogens with one attached hydrogen (secondary N) is 1. The minimum Gasteiger partial charge on any atom is -0.311 e. The molecule has 1 atom stereocenters. The van der Waals surface area contributed by atoms with Gasteiger partial charge in [0.2, 0.25) is 0 Å². The molecule has 0 aliphatic carbocycles. The van der Waals surface area contributed by atoms with Crippen LogP contribution >= 0.6 is 0 Å². The van der Waals surface area contributed by atoms with E-state index in [-0.39, 0.29) is 0 Å². The molecule has 1 aliphatic heterocycles. The van der Waals surface area contributed by atoms with Gasteiger partial charge in [0.05, 0.1) is 0 Å². The molecule has 1 aromatic rings. The maximum absolute atomic E-state index is 3.63. The highest BCUT2D eigenvalue weighted by Crippen LogP contribution is 2.16. The van der Waals surface area contributed by atoms with E-state index in [1.54, 1.807) is 0 Å². The van der Waals surface area contributed by atoms with Crippen molar-refractivity contribution < 1.29 is 0 Å². The number of piperidine rings is 1. The number of likely N-dealkylation sites (tertiary alicyclic amines) is 1. The van der Waals surface area contributed by atoms with Crippen molar-refractivity contribution >= 4 is 0 Å². The summed E-state index contributed by atoms with van der Waals surface area (Å²) in [6.07, 6.45) is 4.10. The highest BCUT2D eigenvalue weighted by molar-refractivity contribution is 5.25. The minimum atomic E-state index is 0.615. The molecule has 1 N–H and O–H groups in total. The Morgan fingerprint density at radius 1 is 1.32 bits per heavy atom. The van der Waals surface area contributed by atoms with Crippen LogP contribution in [0.4, 0.5) is 0 Å². The minimum absolute atomic E-state index is 0.615. The van der Waals surface area contributed by atoms with E-state index in [2.05, 4.69) is 55.4 Å². The second-order valence-electron chi connectivity index (χ2n) is 6.16. The lowest BCUT2D eigenvalue weighted by Gasteiger charge is -2.32. The number of benzene rings is 1. The summed E-state index contributed by atoms with van der Waals surface area (Å²) in [5, 5.41) is 3.63. The van der Waals surface area contributed by atoms with Crippen molar-refractivity contribution in [3.8, 4) is 0 Å². The summed E-state index contributed by atoms with van der Waals surface area (Å²) in [6, 6.07) is 9.69. The average molecular weight is 260 g/mol. The maximum Gasteiger partial charge on any atom is 0.0217 e. The molecule has 106 valence electrons. The molecule has 2 rings (SSSR count). The number of hydrogen-bond acceptors (Lipinski definition) is 2. The quantitative estimate of drug-likeness (QED) is 0.873. The number of hydrogen-bond donors (Lipinski definition) is 1. The van der Waals surface area contributed by atoms with Gasteiger partial charge in [0, 0.05) is 19.1 Å². The van der Waals surface area contributed by atoms with Crippen molar-refractivity contribution in [1.82, 2.24) is 10.2 Å². The van der Waals surface area contributed by atoms with E-state index in [4.69, 9.17) is 0 Å². The van der Waals surface area contributed by atoms with Gasteiger partial charge in [-0.1, -0.05) is 44.5 Å². The Morgan fingerprint density at radius 3 is 2.89 bits per heavy atom. The fourth-order valence-electron chi connectivity index (χ4n) is 2.85. The third kappa shape index (κ3) is 4.32. The van der Waals surface area contributed by atoms with Gasteiger partial charge < -0.3 is 10.2 Å². The van der Waals surface area contributed by atoms with Gasteiger partial charge in [-0.15, -0.1) is 0 Å². The Labute approximate surface area is 118 Å². The number of nitrogens with zero attached hydrogens (tertiary/aromatic N) is 1. The predicted octanol–water partition coefficient (Wildman–Crippen LogP) is 3.38. The van der Waals surface area contributed by atoms with Crippen LogP contribution < -0.4 is 5.32 Å². The molecule has 1 heterocycles. The predicted molar refractivity (Wildman–Crippen MR) is 82.5 cm³/mol. The van der Waals surface area contributed by atoms with Crippen molar-refractivity contribution in [2.45, 2.75) is 51.6 Å². The Morgan fingerprint density at radius 2 is 2.16 bits per heavy atom. The van der Waals surface area contributed by atoms with E-state index >= 15 is 0 Å². The van der Waals surface area contributed by atoms with Crippen molar-refractivity contribution in [2.75, 3.05) is 20.1 Å². The first kappa shape index (κ1) is 14.5. The fourth-order valence-corrected chi connectivity index (χ4v) is 2.85. The van der Waals surface area contributed by atoms with Crippen molar-refractivity contribution in [3.05, 3.63) is 35.4 Å². The highest BCUT2D eigenvalue weighted by Gasteiger charge is 2.17. The van der Waals surface area contributed by atoms with Gasteiger partial charge in [-0.3, -0.25) is 0 Å². The molecule has 0 radical (unpaired) electrons. The lowest BCUT2D eigenvalue weighted by atomic mass is 10.0. The third-order valence-electron chi connectivity index (χ3n) is 4.25. The molecule has 2 nitrogen and oxygen atoms in total. The van der Waals surface area contributed by atoms with Crippen LogP contribution in [0.2, 0.25) is 0 Å². The summed E-state index contributed by atoms with van der Waals surface area (Å²) in [6.45, 7) is 7.87. The molecule has 0 spiro atoms. The van der Waals surface area contributed by atoms with Gasteiger partial charge in [-0.25, -0.2) is 0 Å². The lowest BCUT2D eigenvalue weighted by molar-refractivity contribution is 0.181. The molecule has 1 fully saturated rings. The van der Waals surface area contributed by atoms with Crippen LogP contribution in [-0.4, -0.2) is 31.1 Å². The Bertz CT molecular complexity index is 387. The third-order valence-corrected chi connectivity index (χ3v) is 4.25. The molecule has 0 bridgehead atoms. The van der Waals surface area contributed by atoms with Crippen LogP contribution in [0, 0.1) is 0 Å².